The van der Waals surface area contributed by atoms with Gasteiger partial charge in [-0.1, -0.05) is 34.6 Å². The first-order valence-electron chi connectivity index (χ1n) is 6.37. The van der Waals surface area contributed by atoms with Crippen molar-refractivity contribution < 1.29 is 4.42 Å². The summed E-state index contributed by atoms with van der Waals surface area (Å²) in [7, 11) is 0. The predicted octanol–water partition coefficient (Wildman–Crippen LogP) is 4.26. The summed E-state index contributed by atoms with van der Waals surface area (Å²) in [5, 5.41) is 8.87. The van der Waals surface area contributed by atoms with E-state index < -0.39 is 0 Å². The molecule has 0 aliphatic rings. The number of hydrogen-bond acceptors (Lipinski definition) is 5. The quantitative estimate of drug-likeness (QED) is 0.573. The first-order valence-corrected chi connectivity index (χ1v) is 8.28. The van der Waals surface area contributed by atoms with Crippen molar-refractivity contribution in [2.45, 2.75) is 12.3 Å². The molecule has 0 saturated carbocycles. The minimum absolute atomic E-state index is 0.262. The van der Waals surface area contributed by atoms with Crippen LogP contribution >= 0.6 is 31.9 Å². The number of nitrogens with zero attached hydrogens (tertiary/aromatic N) is 3. The number of rotatable bonds is 5. The third-order valence-corrected chi connectivity index (χ3v) is 3.89. The lowest BCUT2D eigenvalue weighted by Gasteiger charge is -2.00. The molecule has 2 rings (SSSR count). The van der Waals surface area contributed by atoms with Crippen molar-refractivity contribution in [3.63, 3.8) is 0 Å². The second kappa shape index (κ2) is 7.51. The fourth-order valence-electron chi connectivity index (χ4n) is 1.63. The molecule has 0 aliphatic heterocycles. The van der Waals surface area contributed by atoms with Gasteiger partial charge in [-0.15, -0.1) is 10.2 Å². The molecule has 0 amide bonds. The lowest BCUT2D eigenvalue weighted by molar-refractivity contribution is 0.551. The van der Waals surface area contributed by atoms with Crippen LogP contribution < -0.4 is 5.73 Å². The van der Waals surface area contributed by atoms with Gasteiger partial charge in [0.05, 0.1) is 0 Å². The van der Waals surface area contributed by atoms with Crippen molar-refractivity contribution in [2.24, 2.45) is 10.7 Å². The second-order valence-corrected chi connectivity index (χ2v) is 5.79. The van der Waals surface area contributed by atoms with Crippen LogP contribution in [0.25, 0.3) is 17.2 Å². The van der Waals surface area contributed by atoms with Crippen LogP contribution in [0.5, 0.6) is 0 Å². The summed E-state index contributed by atoms with van der Waals surface area (Å²) in [6.45, 7) is 5.34. The number of alkyl halides is 1. The van der Waals surface area contributed by atoms with Gasteiger partial charge in [-0.2, -0.15) is 0 Å². The van der Waals surface area contributed by atoms with Gasteiger partial charge >= 0.3 is 0 Å². The maximum absolute atomic E-state index is 5.84. The Bertz CT molecular complexity index is 728. The van der Waals surface area contributed by atoms with Crippen molar-refractivity contribution in [1.82, 2.24) is 10.2 Å². The largest absolute Gasteiger partial charge is 0.415 e. The highest BCUT2D eigenvalue weighted by molar-refractivity contribution is 9.18. The molecule has 0 radical (unpaired) electrons. The average Bonchev–Trinajstić information content (AvgIpc) is 3.01. The Morgan fingerprint density at radius 1 is 1.36 bits per heavy atom. The molecular formula is C15H14Br2N4O. The van der Waals surface area contributed by atoms with Gasteiger partial charge in [0.15, 0.2) is 0 Å². The third kappa shape index (κ3) is 3.92. The maximum Gasteiger partial charge on any atom is 0.268 e. The van der Waals surface area contributed by atoms with Crippen molar-refractivity contribution in [3.8, 4) is 11.5 Å². The monoisotopic (exact) mass is 424 g/mol. The number of benzene rings is 1. The fraction of sp³-hybridized carbons (Fsp3) is 0.133. The molecule has 1 heterocycles. The van der Waals surface area contributed by atoms with Crippen LogP contribution in [0.4, 0.5) is 0 Å². The van der Waals surface area contributed by atoms with Crippen molar-refractivity contribution in [3.05, 3.63) is 54.1 Å². The van der Waals surface area contributed by atoms with Gasteiger partial charge in [0.25, 0.3) is 5.89 Å². The molecule has 5 nitrogen and oxygen atoms in total. The molecule has 114 valence electrons. The van der Waals surface area contributed by atoms with E-state index >= 15 is 0 Å². The number of hydrogen-bond donors (Lipinski definition) is 1. The van der Waals surface area contributed by atoms with Crippen LogP contribution in [0.15, 0.2) is 52.0 Å². The Hall–Kier alpha value is -1.73. The minimum atomic E-state index is 0.262. The van der Waals surface area contributed by atoms with Gasteiger partial charge in [0.2, 0.25) is 5.89 Å². The summed E-state index contributed by atoms with van der Waals surface area (Å²) in [6, 6.07) is 7.84. The molecule has 1 aromatic heterocycles. The molecule has 2 N–H and O–H groups in total. The Balaban J connectivity index is 2.37. The minimum Gasteiger partial charge on any atom is -0.415 e. The number of allylic oxidation sites excluding steroid dienone is 2. The summed E-state index contributed by atoms with van der Waals surface area (Å²) < 4.78 is 6.21. The lowest BCUT2D eigenvalue weighted by atomic mass is 10.1. The molecule has 7 heteroatoms. The van der Waals surface area contributed by atoms with Crippen molar-refractivity contribution >= 4 is 42.2 Å². The van der Waals surface area contributed by atoms with Crippen LogP contribution in [-0.2, 0) is 5.33 Å². The normalized spacial score (nSPS) is 13.0. The Labute approximate surface area is 145 Å². The number of halogens is 2. The van der Waals surface area contributed by atoms with E-state index in [9.17, 15) is 0 Å². The number of aliphatic imine (C=N–C) groups is 1. The Kier molecular flexibility index (Phi) is 5.68. The zero-order chi connectivity index (χ0) is 16.1. The topological polar surface area (TPSA) is 77.3 Å². The lowest BCUT2D eigenvalue weighted by Crippen LogP contribution is -1.98. The Morgan fingerprint density at radius 3 is 2.59 bits per heavy atom. The van der Waals surface area contributed by atoms with Crippen LogP contribution in [0.2, 0.25) is 0 Å². The van der Waals surface area contributed by atoms with E-state index in [4.69, 9.17) is 10.2 Å². The highest BCUT2D eigenvalue weighted by atomic mass is 79.9. The van der Waals surface area contributed by atoms with E-state index in [-0.39, 0.29) is 5.89 Å². The molecule has 0 atom stereocenters. The predicted molar refractivity (Wildman–Crippen MR) is 95.7 cm³/mol. The smallest absolute Gasteiger partial charge is 0.268 e. The van der Waals surface area contributed by atoms with E-state index in [1.165, 1.54) is 5.56 Å². The fourth-order valence-corrected chi connectivity index (χ4v) is 2.18. The summed E-state index contributed by atoms with van der Waals surface area (Å²) in [5.41, 5.74) is 8.74. The Morgan fingerprint density at radius 2 is 2.05 bits per heavy atom. The first-order chi connectivity index (χ1) is 10.5. The van der Waals surface area contributed by atoms with Crippen molar-refractivity contribution in [2.75, 3.05) is 0 Å². The first kappa shape index (κ1) is 16.6. The molecule has 0 spiro atoms. The molecule has 0 bridgehead atoms. The van der Waals surface area contributed by atoms with Gasteiger partial charge in [-0.25, -0.2) is 4.99 Å². The molecule has 0 saturated heterocycles. The number of nitrogens with two attached hydrogens (primary N) is 1. The molecule has 0 unspecified atom stereocenters. The molecule has 0 aliphatic carbocycles. The number of aromatic nitrogens is 2. The van der Waals surface area contributed by atoms with Crippen LogP contribution in [-0.4, -0.2) is 14.8 Å². The summed E-state index contributed by atoms with van der Waals surface area (Å²) in [4.78, 5) is 4.27. The summed E-state index contributed by atoms with van der Waals surface area (Å²) in [6.07, 6.45) is 1.55. The standard InChI is InChI=1S/C15H14Br2N4O/c1-3-12(17)19-13(9(2)18)15-21-20-14(22-15)11-6-4-10(8-16)5-7-11/h3-7H,1,8,18H2,2H3/b13-9+,19-12?. The second-order valence-electron chi connectivity index (χ2n) is 4.41. The van der Waals surface area contributed by atoms with Crippen LogP contribution in [0, 0.1) is 0 Å². The van der Waals surface area contributed by atoms with Crippen LogP contribution in [0.1, 0.15) is 18.4 Å². The molecule has 22 heavy (non-hydrogen) atoms. The molecular weight excluding hydrogens is 412 g/mol. The van der Waals surface area contributed by atoms with Gasteiger partial charge < -0.3 is 10.2 Å². The highest BCUT2D eigenvalue weighted by Crippen LogP contribution is 2.24. The van der Waals surface area contributed by atoms with Crippen molar-refractivity contribution in [1.29, 1.82) is 0 Å². The summed E-state index contributed by atoms with van der Waals surface area (Å²) >= 11 is 6.67. The maximum atomic E-state index is 5.84. The van der Waals surface area contributed by atoms with E-state index in [0.29, 0.717) is 21.9 Å². The van der Waals surface area contributed by atoms with Crippen LogP contribution in [0.3, 0.4) is 0 Å². The molecule has 1 aromatic carbocycles. The molecule has 2 aromatic rings. The van der Waals surface area contributed by atoms with E-state index in [2.05, 4.69) is 53.6 Å². The molecule has 0 fully saturated rings. The van der Waals surface area contributed by atoms with Gasteiger partial charge in [0, 0.05) is 16.6 Å². The SMILES string of the molecule is C=CC(Br)=N/C(=C(\C)N)c1nnc(-c2ccc(CBr)cc2)o1. The highest BCUT2D eigenvalue weighted by Gasteiger charge is 2.14. The zero-order valence-corrected chi connectivity index (χ0v) is 15.1. The third-order valence-electron chi connectivity index (χ3n) is 2.74. The van der Waals surface area contributed by atoms with Gasteiger partial charge in [0.1, 0.15) is 10.3 Å². The average molecular weight is 426 g/mol. The van der Waals surface area contributed by atoms with E-state index in [0.717, 1.165) is 10.9 Å². The van der Waals surface area contributed by atoms with Gasteiger partial charge in [-0.3, -0.25) is 0 Å². The summed E-state index contributed by atoms with van der Waals surface area (Å²) in [5.74, 6) is 0.679. The zero-order valence-electron chi connectivity index (χ0n) is 11.9. The van der Waals surface area contributed by atoms with E-state index in [1.807, 2.05) is 24.3 Å². The van der Waals surface area contributed by atoms with E-state index in [1.54, 1.807) is 13.0 Å². The van der Waals surface area contributed by atoms with Gasteiger partial charge in [-0.05, 0) is 46.6 Å².